The maximum atomic E-state index is 4.72. The second-order valence-corrected chi connectivity index (χ2v) is 14.8. The Kier molecular flexibility index (Phi) is 5.96. The number of hydrogen-bond donors (Lipinski definition) is 0. The molecule has 3 heterocycles. The minimum absolute atomic E-state index is 0.881. The fourth-order valence-electron chi connectivity index (χ4n) is 7.43. The zero-order chi connectivity index (χ0) is 32.8. The lowest BCUT2D eigenvalue weighted by Gasteiger charge is -2.26. The number of anilines is 3. The van der Waals surface area contributed by atoms with Crippen LogP contribution in [-0.4, -0.2) is 15.0 Å². The summed E-state index contributed by atoms with van der Waals surface area (Å²) < 4.78 is 5.32. The molecule has 0 saturated carbocycles. The van der Waals surface area contributed by atoms with Gasteiger partial charge in [-0.2, -0.15) is 4.80 Å². The number of aromatic nitrogens is 3. The van der Waals surface area contributed by atoms with Crippen molar-refractivity contribution in [2.75, 3.05) is 4.90 Å². The summed E-state index contributed by atoms with van der Waals surface area (Å²) in [6.07, 6.45) is 0. The van der Waals surface area contributed by atoms with Gasteiger partial charge in [-0.05, 0) is 94.3 Å². The molecule has 234 valence electrons. The first-order valence-corrected chi connectivity index (χ1v) is 18.3. The Labute approximate surface area is 294 Å². The molecule has 8 aromatic carbocycles. The van der Waals surface area contributed by atoms with E-state index in [2.05, 4.69) is 138 Å². The maximum absolute atomic E-state index is 4.72. The van der Waals surface area contributed by atoms with Gasteiger partial charge in [0.25, 0.3) is 0 Å². The summed E-state index contributed by atoms with van der Waals surface area (Å²) in [7, 11) is 0. The fourth-order valence-corrected chi connectivity index (χ4v) is 9.91. The second-order valence-electron chi connectivity index (χ2n) is 12.7. The molecule has 0 amide bonds. The van der Waals surface area contributed by atoms with Gasteiger partial charge in [-0.1, -0.05) is 84.9 Å². The average molecular weight is 675 g/mol. The van der Waals surface area contributed by atoms with Crippen LogP contribution in [0.4, 0.5) is 17.1 Å². The molecule has 0 aliphatic heterocycles. The van der Waals surface area contributed by atoms with Crippen molar-refractivity contribution in [3.8, 4) is 5.69 Å². The van der Waals surface area contributed by atoms with Gasteiger partial charge in [-0.15, -0.1) is 32.9 Å². The topological polar surface area (TPSA) is 34.0 Å². The molecule has 0 saturated heterocycles. The molecule has 0 N–H and O–H groups in total. The Bertz CT molecular complexity index is 2930. The lowest BCUT2D eigenvalue weighted by atomic mass is 10.0. The van der Waals surface area contributed by atoms with Gasteiger partial charge >= 0.3 is 0 Å². The summed E-state index contributed by atoms with van der Waals surface area (Å²) in [6, 6.07) is 56.8. The van der Waals surface area contributed by atoms with Crippen LogP contribution in [0, 0.1) is 0 Å². The van der Waals surface area contributed by atoms with Crippen molar-refractivity contribution in [1.29, 1.82) is 0 Å². The van der Waals surface area contributed by atoms with E-state index < -0.39 is 0 Å². The van der Waals surface area contributed by atoms with Gasteiger partial charge in [-0.3, -0.25) is 0 Å². The molecule has 0 unspecified atom stereocenters. The molecule has 0 spiro atoms. The fraction of sp³-hybridized carbons (Fsp3) is 0. The van der Waals surface area contributed by atoms with Gasteiger partial charge < -0.3 is 4.90 Å². The van der Waals surface area contributed by atoms with Gasteiger partial charge in [0.15, 0.2) is 0 Å². The number of thiophene rings is 2. The lowest BCUT2D eigenvalue weighted by Crippen LogP contribution is -2.10. The zero-order valence-corrected chi connectivity index (χ0v) is 28.2. The first-order valence-electron chi connectivity index (χ1n) is 16.7. The minimum atomic E-state index is 0.881. The van der Waals surface area contributed by atoms with E-state index in [0.717, 1.165) is 33.8 Å². The van der Waals surface area contributed by atoms with E-state index in [9.17, 15) is 0 Å². The molecule has 0 aliphatic rings. The van der Waals surface area contributed by atoms with Crippen molar-refractivity contribution >= 4 is 113 Å². The lowest BCUT2D eigenvalue weighted by molar-refractivity contribution is 0.766. The highest BCUT2D eigenvalue weighted by atomic mass is 32.1. The number of hydrogen-bond acceptors (Lipinski definition) is 5. The number of fused-ring (bicyclic) bond motifs is 11. The molecule has 6 heteroatoms. The van der Waals surface area contributed by atoms with Crippen LogP contribution in [0.3, 0.4) is 0 Å². The Morgan fingerprint density at radius 3 is 1.40 bits per heavy atom. The SMILES string of the molecule is c1ccc2nn(-c3ccc(N(c4ccc5c(ccc6c7ccccc7sc56)c4)c4ccc5c(ccc6c7ccccc7sc56)c4)cc3)nc2c1. The first-order chi connectivity index (χ1) is 24.7. The molecular weight excluding hydrogens is 649 g/mol. The Morgan fingerprint density at radius 2 is 0.860 bits per heavy atom. The zero-order valence-electron chi connectivity index (χ0n) is 26.6. The van der Waals surface area contributed by atoms with Crippen LogP contribution in [0.1, 0.15) is 0 Å². The van der Waals surface area contributed by atoms with Crippen molar-refractivity contribution < 1.29 is 0 Å². The summed E-state index contributed by atoms with van der Waals surface area (Å²) in [4.78, 5) is 4.08. The van der Waals surface area contributed by atoms with Gasteiger partial charge in [0.05, 0.1) is 5.69 Å². The Morgan fingerprint density at radius 1 is 0.400 bits per heavy atom. The van der Waals surface area contributed by atoms with Crippen LogP contribution in [0.5, 0.6) is 0 Å². The summed E-state index contributed by atoms with van der Waals surface area (Å²) in [5.41, 5.74) is 5.96. The van der Waals surface area contributed by atoms with E-state index in [1.165, 1.54) is 61.9 Å². The van der Waals surface area contributed by atoms with Gasteiger partial charge in [0.1, 0.15) is 11.0 Å². The highest BCUT2D eigenvalue weighted by Gasteiger charge is 2.17. The smallest absolute Gasteiger partial charge is 0.113 e. The average Bonchev–Trinajstić information content (AvgIpc) is 3.89. The van der Waals surface area contributed by atoms with Crippen LogP contribution >= 0.6 is 22.7 Å². The Balaban J connectivity index is 1.08. The molecule has 50 heavy (non-hydrogen) atoms. The van der Waals surface area contributed by atoms with Crippen LogP contribution in [0.25, 0.3) is 78.6 Å². The minimum Gasteiger partial charge on any atom is -0.310 e. The predicted molar refractivity (Wildman–Crippen MR) is 214 cm³/mol. The quantitative estimate of drug-likeness (QED) is 0.186. The largest absolute Gasteiger partial charge is 0.310 e. The summed E-state index contributed by atoms with van der Waals surface area (Å²) in [5.74, 6) is 0. The van der Waals surface area contributed by atoms with Crippen molar-refractivity contribution in [3.63, 3.8) is 0 Å². The molecular formula is C44H26N4S2. The number of rotatable bonds is 4. The molecule has 0 atom stereocenters. The predicted octanol–water partition coefficient (Wildman–Crippen LogP) is 12.9. The van der Waals surface area contributed by atoms with E-state index >= 15 is 0 Å². The van der Waals surface area contributed by atoms with Gasteiger partial charge in [0.2, 0.25) is 0 Å². The third-order valence-electron chi connectivity index (χ3n) is 9.83. The van der Waals surface area contributed by atoms with Crippen molar-refractivity contribution in [3.05, 3.63) is 158 Å². The summed E-state index contributed by atoms with van der Waals surface area (Å²) in [5, 5.41) is 19.7. The van der Waals surface area contributed by atoms with Crippen molar-refractivity contribution in [2.45, 2.75) is 0 Å². The molecule has 4 nitrogen and oxygen atoms in total. The standard InChI is InChI=1S/C44H26N4S2/c1-5-11-41-35(7-1)37-21-13-27-25-31(19-23-33(27)43(37)49-41)47(29-15-17-30(18-16-29)48-45-39-9-3-4-10-40(39)46-48)32-20-24-34-28(26-32)14-22-38-36-8-2-6-12-42(36)50-44(34)38/h1-26H. The molecule has 0 radical (unpaired) electrons. The van der Waals surface area contributed by atoms with Crippen LogP contribution in [0.15, 0.2) is 158 Å². The normalized spacial score (nSPS) is 12.0. The summed E-state index contributed by atoms with van der Waals surface area (Å²) in [6.45, 7) is 0. The van der Waals surface area contributed by atoms with E-state index in [1.807, 2.05) is 46.9 Å². The number of nitrogens with zero attached hydrogens (tertiary/aromatic N) is 4. The summed E-state index contributed by atoms with van der Waals surface area (Å²) >= 11 is 3.75. The highest BCUT2D eigenvalue weighted by molar-refractivity contribution is 7.27. The second kappa shape index (κ2) is 10.7. The van der Waals surface area contributed by atoms with Crippen molar-refractivity contribution in [2.24, 2.45) is 0 Å². The van der Waals surface area contributed by atoms with Crippen molar-refractivity contribution in [1.82, 2.24) is 15.0 Å². The van der Waals surface area contributed by atoms with E-state index in [1.54, 1.807) is 4.80 Å². The van der Waals surface area contributed by atoms with Gasteiger partial charge in [0, 0.05) is 57.4 Å². The van der Waals surface area contributed by atoms with E-state index in [4.69, 9.17) is 10.2 Å². The first kappa shape index (κ1) is 27.8. The third kappa shape index (κ3) is 4.22. The molecule has 3 aromatic heterocycles. The van der Waals surface area contributed by atoms with Crippen LogP contribution < -0.4 is 4.90 Å². The molecule has 11 rings (SSSR count). The highest BCUT2D eigenvalue weighted by Crippen LogP contribution is 2.44. The molecule has 0 fully saturated rings. The maximum Gasteiger partial charge on any atom is 0.113 e. The monoisotopic (exact) mass is 674 g/mol. The molecule has 11 aromatic rings. The van der Waals surface area contributed by atoms with Crippen LogP contribution in [0.2, 0.25) is 0 Å². The van der Waals surface area contributed by atoms with E-state index in [-0.39, 0.29) is 0 Å². The molecule has 0 bridgehead atoms. The molecule has 0 aliphatic carbocycles. The van der Waals surface area contributed by atoms with Gasteiger partial charge in [-0.25, -0.2) is 0 Å². The number of benzene rings is 8. The van der Waals surface area contributed by atoms with E-state index in [0.29, 0.717) is 0 Å². The third-order valence-corrected chi connectivity index (χ3v) is 12.3. The van der Waals surface area contributed by atoms with Crippen LogP contribution in [-0.2, 0) is 0 Å². The Hall–Kier alpha value is -6.08.